The van der Waals surface area contributed by atoms with Crippen LogP contribution in [0.25, 0.3) is 0 Å². The number of aliphatic hydroxyl groups excluding tert-OH is 1. The van der Waals surface area contributed by atoms with Crippen LogP contribution in [-0.4, -0.2) is 36.4 Å². The summed E-state index contributed by atoms with van der Waals surface area (Å²) >= 11 is 0. The molecule has 1 saturated heterocycles. The summed E-state index contributed by atoms with van der Waals surface area (Å²) in [6, 6.07) is 3.41. The molecule has 6 heteroatoms. The number of rotatable bonds is 4. The summed E-state index contributed by atoms with van der Waals surface area (Å²) in [4.78, 5) is 12.1. The lowest BCUT2D eigenvalue weighted by Gasteiger charge is -2.63. The van der Waals surface area contributed by atoms with Crippen molar-refractivity contribution in [2.75, 3.05) is 13.2 Å². The molecule has 4 unspecified atom stereocenters. The smallest absolute Gasteiger partial charge is 0.315 e. The third kappa shape index (κ3) is 2.05. The van der Waals surface area contributed by atoms with Crippen LogP contribution in [0, 0.1) is 11.3 Å². The van der Waals surface area contributed by atoms with Crippen LogP contribution in [0.5, 0.6) is 0 Å². The third-order valence-electron chi connectivity index (χ3n) is 5.65. The van der Waals surface area contributed by atoms with Gasteiger partial charge in [-0.25, -0.2) is 4.79 Å². The molecule has 4 atom stereocenters. The highest BCUT2D eigenvalue weighted by molar-refractivity contribution is 5.74. The molecule has 4 rings (SSSR count). The third-order valence-corrected chi connectivity index (χ3v) is 5.65. The van der Waals surface area contributed by atoms with Gasteiger partial charge in [0.2, 0.25) is 0 Å². The van der Waals surface area contributed by atoms with Crippen molar-refractivity contribution >= 4 is 6.03 Å². The zero-order chi connectivity index (χ0) is 15.2. The number of furan rings is 1. The molecule has 1 spiro atoms. The molecule has 3 aliphatic rings. The molecule has 0 bridgehead atoms. The van der Waals surface area contributed by atoms with E-state index in [-0.39, 0.29) is 24.0 Å². The van der Waals surface area contributed by atoms with Gasteiger partial charge >= 0.3 is 6.03 Å². The minimum Gasteiger partial charge on any atom is -0.467 e. The molecule has 1 aromatic heterocycles. The number of hydrogen-bond acceptors (Lipinski definition) is 4. The molecule has 3 N–H and O–H groups in total. The molecular weight excluding hydrogens is 284 g/mol. The molecule has 2 amide bonds. The summed E-state index contributed by atoms with van der Waals surface area (Å²) in [6.07, 6.45) is 5.59. The number of carbonyl (C=O) groups excluding carboxylic acids is 1. The number of fused-ring (bicyclic) bond motifs is 2. The van der Waals surface area contributed by atoms with E-state index in [2.05, 4.69) is 10.6 Å². The summed E-state index contributed by atoms with van der Waals surface area (Å²) in [5.41, 5.74) is 0.179. The number of hydrogen-bond donors (Lipinski definition) is 3. The van der Waals surface area contributed by atoms with Gasteiger partial charge in [0.1, 0.15) is 11.9 Å². The molecule has 3 fully saturated rings. The van der Waals surface area contributed by atoms with Crippen LogP contribution in [0.4, 0.5) is 4.79 Å². The van der Waals surface area contributed by atoms with Crippen LogP contribution in [0.1, 0.15) is 37.5 Å². The molecule has 1 aromatic rings. The Bertz CT molecular complexity index is 540. The number of amides is 2. The molecule has 0 aromatic carbocycles. The summed E-state index contributed by atoms with van der Waals surface area (Å²) in [6.45, 7) is 0.956. The molecule has 2 heterocycles. The second-order valence-corrected chi connectivity index (χ2v) is 6.69. The second kappa shape index (κ2) is 5.28. The van der Waals surface area contributed by atoms with Crippen LogP contribution in [0.2, 0.25) is 0 Å². The fourth-order valence-electron chi connectivity index (χ4n) is 4.42. The lowest BCUT2D eigenvalue weighted by Crippen LogP contribution is -2.72. The monoisotopic (exact) mass is 306 g/mol. The second-order valence-electron chi connectivity index (χ2n) is 6.69. The van der Waals surface area contributed by atoms with Gasteiger partial charge in [-0.15, -0.1) is 0 Å². The van der Waals surface area contributed by atoms with Crippen LogP contribution in [0.3, 0.4) is 0 Å². The van der Waals surface area contributed by atoms with E-state index in [1.807, 2.05) is 0 Å². The van der Waals surface area contributed by atoms with E-state index in [0.717, 1.165) is 25.9 Å². The van der Waals surface area contributed by atoms with E-state index in [4.69, 9.17) is 9.15 Å². The van der Waals surface area contributed by atoms with E-state index < -0.39 is 6.10 Å². The summed E-state index contributed by atoms with van der Waals surface area (Å²) in [5.74, 6) is 0.921. The van der Waals surface area contributed by atoms with Crippen LogP contribution >= 0.6 is 0 Å². The van der Waals surface area contributed by atoms with Gasteiger partial charge in [-0.2, -0.15) is 0 Å². The number of aliphatic hydroxyl groups is 1. The first kappa shape index (κ1) is 14.1. The summed E-state index contributed by atoms with van der Waals surface area (Å²) in [5, 5.41) is 15.8. The number of urea groups is 1. The molecule has 2 saturated carbocycles. The van der Waals surface area contributed by atoms with E-state index in [9.17, 15) is 9.90 Å². The molecule has 120 valence electrons. The van der Waals surface area contributed by atoms with Crippen molar-refractivity contribution < 1.29 is 19.1 Å². The van der Waals surface area contributed by atoms with Gasteiger partial charge in [0.05, 0.1) is 18.9 Å². The highest BCUT2D eigenvalue weighted by Gasteiger charge is 2.66. The van der Waals surface area contributed by atoms with Gasteiger partial charge in [0.15, 0.2) is 0 Å². The van der Waals surface area contributed by atoms with E-state index in [0.29, 0.717) is 17.8 Å². The van der Waals surface area contributed by atoms with Crippen molar-refractivity contribution in [3.63, 3.8) is 0 Å². The topological polar surface area (TPSA) is 83.7 Å². The normalized spacial score (nSPS) is 32.7. The van der Waals surface area contributed by atoms with Crippen molar-refractivity contribution in [1.82, 2.24) is 10.6 Å². The minimum atomic E-state index is -0.817. The molecular formula is C16H22N2O4. The molecule has 0 radical (unpaired) electrons. The Balaban J connectivity index is 1.31. The first-order valence-electron chi connectivity index (χ1n) is 8.08. The number of ether oxygens (including phenoxy) is 1. The average molecular weight is 306 g/mol. The Kier molecular flexibility index (Phi) is 3.38. The van der Waals surface area contributed by atoms with Crippen LogP contribution in [0.15, 0.2) is 22.8 Å². The fourth-order valence-corrected chi connectivity index (χ4v) is 4.42. The zero-order valence-electron chi connectivity index (χ0n) is 12.5. The van der Waals surface area contributed by atoms with E-state index in [1.54, 1.807) is 12.1 Å². The average Bonchev–Trinajstić information content (AvgIpc) is 3.11. The van der Waals surface area contributed by atoms with E-state index >= 15 is 0 Å². The zero-order valence-corrected chi connectivity index (χ0v) is 12.5. The van der Waals surface area contributed by atoms with Crippen molar-refractivity contribution in [2.45, 2.75) is 43.9 Å². The number of carbonyl (C=O) groups is 1. The van der Waals surface area contributed by atoms with Crippen molar-refractivity contribution in [1.29, 1.82) is 0 Å². The van der Waals surface area contributed by atoms with Gasteiger partial charge in [-0.1, -0.05) is 6.42 Å². The Labute approximate surface area is 129 Å². The van der Waals surface area contributed by atoms with Gasteiger partial charge in [0, 0.05) is 24.0 Å². The highest BCUT2D eigenvalue weighted by Crippen LogP contribution is 2.62. The van der Waals surface area contributed by atoms with Crippen LogP contribution in [-0.2, 0) is 4.74 Å². The summed E-state index contributed by atoms with van der Waals surface area (Å²) in [7, 11) is 0. The molecule has 1 aliphatic heterocycles. The maximum Gasteiger partial charge on any atom is 0.315 e. The first-order chi connectivity index (χ1) is 10.7. The minimum absolute atomic E-state index is 0.143. The molecule has 22 heavy (non-hydrogen) atoms. The lowest BCUT2D eigenvalue weighted by atomic mass is 9.46. The summed E-state index contributed by atoms with van der Waals surface area (Å²) < 4.78 is 11.0. The van der Waals surface area contributed by atoms with Crippen LogP contribution < -0.4 is 10.6 Å². The van der Waals surface area contributed by atoms with Crippen molar-refractivity contribution in [3.8, 4) is 0 Å². The Morgan fingerprint density at radius 2 is 2.36 bits per heavy atom. The first-order valence-corrected chi connectivity index (χ1v) is 8.08. The number of nitrogens with one attached hydrogen (secondary N) is 2. The van der Waals surface area contributed by atoms with Gasteiger partial charge in [-0.3, -0.25) is 0 Å². The van der Waals surface area contributed by atoms with Crippen molar-refractivity contribution in [2.24, 2.45) is 11.3 Å². The fraction of sp³-hybridized carbons (Fsp3) is 0.688. The molecule has 6 nitrogen and oxygen atoms in total. The van der Waals surface area contributed by atoms with Gasteiger partial charge < -0.3 is 24.9 Å². The quantitative estimate of drug-likeness (QED) is 0.788. The van der Waals surface area contributed by atoms with Gasteiger partial charge in [0.25, 0.3) is 0 Å². The Morgan fingerprint density at radius 1 is 1.50 bits per heavy atom. The standard InChI is InChI=1S/C16H22N2O4/c19-11(12-3-1-7-21-12)9-17-15(20)18-13-10-4-8-22-14(10)16(13)5-2-6-16/h1,3,7,10-11,13-14,19H,2,4-6,8-9H2,(H2,17,18,20). The highest BCUT2D eigenvalue weighted by atomic mass is 16.5. The maximum absolute atomic E-state index is 12.1. The predicted molar refractivity (Wildman–Crippen MR) is 78.1 cm³/mol. The largest absolute Gasteiger partial charge is 0.467 e. The van der Waals surface area contributed by atoms with E-state index in [1.165, 1.54) is 12.7 Å². The Hall–Kier alpha value is -1.53. The predicted octanol–water partition coefficient (Wildman–Crippen LogP) is 1.57. The molecule has 2 aliphatic carbocycles. The Morgan fingerprint density at radius 3 is 3.05 bits per heavy atom. The lowest BCUT2D eigenvalue weighted by molar-refractivity contribution is -0.172. The maximum atomic E-state index is 12.1. The SMILES string of the molecule is O=C(NCC(O)c1ccco1)NC1C2CCOC2C12CCC2. The van der Waals surface area contributed by atoms with Crippen molar-refractivity contribution in [3.05, 3.63) is 24.2 Å². The van der Waals surface area contributed by atoms with Gasteiger partial charge in [-0.05, 0) is 31.4 Å².